The predicted molar refractivity (Wildman–Crippen MR) is 82.7 cm³/mol. The van der Waals surface area contributed by atoms with Crippen LogP contribution in [0.2, 0.25) is 0 Å². The summed E-state index contributed by atoms with van der Waals surface area (Å²) in [6.45, 7) is 5.65. The molecule has 4 nitrogen and oxygen atoms in total. The molecule has 1 aromatic rings. The van der Waals surface area contributed by atoms with Crippen LogP contribution in [0.1, 0.15) is 35.4 Å². The lowest BCUT2D eigenvalue weighted by atomic mass is 9.79. The Morgan fingerprint density at radius 2 is 2.00 bits per heavy atom. The summed E-state index contributed by atoms with van der Waals surface area (Å²) in [5, 5.41) is 1.90. The number of carbonyl (C=O) groups is 1. The monoisotopic (exact) mass is 286 g/mol. The first-order valence-electron chi connectivity index (χ1n) is 7.52. The van der Waals surface area contributed by atoms with E-state index in [0.29, 0.717) is 0 Å². The number of aliphatic imine (C=N–C) groups is 1. The molecule has 112 valence electrons. The number of aryl methyl sites for hydroxylation is 2. The molecule has 0 saturated carbocycles. The molecule has 1 spiro atoms. The van der Waals surface area contributed by atoms with Crippen LogP contribution in [0.3, 0.4) is 0 Å². The maximum absolute atomic E-state index is 13.0. The number of Topliss-reactive ketones (excluding diaryl/α,β-unsaturated/α-hetero) is 1. The summed E-state index contributed by atoms with van der Waals surface area (Å²) >= 11 is 0. The number of ketones is 1. The van der Waals surface area contributed by atoms with Crippen LogP contribution in [-0.4, -0.2) is 42.8 Å². The quantitative estimate of drug-likeness (QED) is 0.838. The Morgan fingerprint density at radius 1 is 1.29 bits per heavy atom. The average molecular weight is 286 g/mol. The van der Waals surface area contributed by atoms with Crippen LogP contribution in [0.15, 0.2) is 23.2 Å². The van der Waals surface area contributed by atoms with Crippen LogP contribution in [0.25, 0.3) is 0 Å². The number of rotatable bonds is 2. The van der Waals surface area contributed by atoms with Gasteiger partial charge in [-0.05, 0) is 37.8 Å². The number of benzene rings is 1. The number of piperidine rings is 1. The molecular weight excluding hydrogens is 264 g/mol. The van der Waals surface area contributed by atoms with Crippen molar-refractivity contribution < 1.29 is 9.63 Å². The molecule has 21 heavy (non-hydrogen) atoms. The molecule has 1 aromatic carbocycles. The van der Waals surface area contributed by atoms with E-state index in [2.05, 4.69) is 37.0 Å². The Labute approximate surface area is 125 Å². The van der Waals surface area contributed by atoms with Crippen LogP contribution in [0.4, 0.5) is 0 Å². The minimum absolute atomic E-state index is 0.181. The van der Waals surface area contributed by atoms with E-state index in [1.807, 2.05) is 11.3 Å². The largest absolute Gasteiger partial charge is 0.302 e. The van der Waals surface area contributed by atoms with E-state index in [-0.39, 0.29) is 11.7 Å². The molecule has 0 aromatic heterocycles. The highest BCUT2D eigenvalue weighted by molar-refractivity contribution is 6.10. The number of carbonyl (C=O) groups excluding carboxylic acids is 1. The summed E-state index contributed by atoms with van der Waals surface area (Å²) in [5.41, 5.74) is 2.94. The standard InChI is InChI=1S/C17H22N2O2/c1-12-4-5-13(2)14(10-12)15-11-18-17(16(15)20)6-8-19(21-3)9-7-17/h4-5,10-11,15H,6-9H2,1-3H3. The van der Waals surface area contributed by atoms with Crippen molar-refractivity contribution in [1.82, 2.24) is 5.06 Å². The predicted octanol–water partition coefficient (Wildman–Crippen LogP) is 2.44. The minimum atomic E-state index is -0.518. The van der Waals surface area contributed by atoms with Crippen molar-refractivity contribution >= 4 is 12.0 Å². The maximum Gasteiger partial charge on any atom is 0.173 e. The summed E-state index contributed by atoms with van der Waals surface area (Å²) in [6, 6.07) is 6.29. The van der Waals surface area contributed by atoms with Crippen molar-refractivity contribution in [2.24, 2.45) is 4.99 Å². The van der Waals surface area contributed by atoms with Gasteiger partial charge in [-0.3, -0.25) is 9.79 Å². The second-order valence-corrected chi connectivity index (χ2v) is 6.12. The first kappa shape index (κ1) is 14.4. The van der Waals surface area contributed by atoms with Crippen molar-refractivity contribution in [3.05, 3.63) is 34.9 Å². The molecule has 4 heteroatoms. The van der Waals surface area contributed by atoms with E-state index < -0.39 is 5.54 Å². The Balaban J connectivity index is 1.85. The molecule has 2 aliphatic heterocycles. The molecule has 1 unspecified atom stereocenters. The molecule has 0 radical (unpaired) electrons. The van der Waals surface area contributed by atoms with Gasteiger partial charge >= 0.3 is 0 Å². The molecule has 1 fully saturated rings. The summed E-state index contributed by atoms with van der Waals surface area (Å²) < 4.78 is 0. The van der Waals surface area contributed by atoms with Gasteiger partial charge < -0.3 is 4.84 Å². The van der Waals surface area contributed by atoms with Gasteiger partial charge in [-0.15, -0.1) is 0 Å². The fourth-order valence-corrected chi connectivity index (χ4v) is 3.37. The Kier molecular flexibility index (Phi) is 3.68. The molecule has 3 rings (SSSR count). The highest BCUT2D eigenvalue weighted by Crippen LogP contribution is 2.38. The number of hydrogen-bond acceptors (Lipinski definition) is 4. The fraction of sp³-hybridized carbons (Fsp3) is 0.529. The lowest BCUT2D eigenvalue weighted by Crippen LogP contribution is -2.47. The lowest BCUT2D eigenvalue weighted by molar-refractivity contribution is -0.155. The van der Waals surface area contributed by atoms with Gasteiger partial charge in [0.2, 0.25) is 0 Å². The van der Waals surface area contributed by atoms with Gasteiger partial charge in [0.15, 0.2) is 5.78 Å². The molecule has 2 heterocycles. The molecular formula is C17H22N2O2. The summed E-state index contributed by atoms with van der Waals surface area (Å²) in [6.07, 6.45) is 3.36. The van der Waals surface area contributed by atoms with Crippen molar-refractivity contribution in [2.45, 2.75) is 38.1 Å². The number of hydroxylamine groups is 2. The van der Waals surface area contributed by atoms with Crippen LogP contribution >= 0.6 is 0 Å². The molecule has 0 amide bonds. The highest BCUT2D eigenvalue weighted by atomic mass is 16.7. The first-order valence-corrected chi connectivity index (χ1v) is 7.52. The third-order valence-electron chi connectivity index (χ3n) is 4.79. The number of hydrogen-bond donors (Lipinski definition) is 0. The van der Waals surface area contributed by atoms with Gasteiger partial charge in [-0.25, -0.2) is 0 Å². The zero-order chi connectivity index (χ0) is 15.0. The van der Waals surface area contributed by atoms with Crippen LogP contribution in [0.5, 0.6) is 0 Å². The van der Waals surface area contributed by atoms with Gasteiger partial charge in [-0.1, -0.05) is 23.8 Å². The van der Waals surface area contributed by atoms with Gasteiger partial charge in [0, 0.05) is 19.3 Å². The Hall–Kier alpha value is -1.52. The van der Waals surface area contributed by atoms with Gasteiger partial charge in [0.05, 0.1) is 13.0 Å². The van der Waals surface area contributed by atoms with E-state index in [9.17, 15) is 4.79 Å². The zero-order valence-electron chi connectivity index (χ0n) is 12.9. The summed E-state index contributed by atoms with van der Waals surface area (Å²) in [4.78, 5) is 22.9. The van der Waals surface area contributed by atoms with Crippen LogP contribution in [0, 0.1) is 13.8 Å². The van der Waals surface area contributed by atoms with Gasteiger partial charge in [0.25, 0.3) is 0 Å². The van der Waals surface area contributed by atoms with E-state index in [4.69, 9.17) is 4.84 Å². The van der Waals surface area contributed by atoms with Gasteiger partial charge in [0.1, 0.15) is 5.54 Å². The van der Waals surface area contributed by atoms with Crippen molar-refractivity contribution in [3.8, 4) is 0 Å². The molecule has 0 aliphatic carbocycles. The van der Waals surface area contributed by atoms with Crippen molar-refractivity contribution in [2.75, 3.05) is 20.2 Å². The van der Waals surface area contributed by atoms with Crippen molar-refractivity contribution in [3.63, 3.8) is 0 Å². The third kappa shape index (κ3) is 2.43. The summed E-state index contributed by atoms with van der Waals surface area (Å²) in [7, 11) is 1.68. The molecule has 0 N–H and O–H groups in total. The third-order valence-corrected chi connectivity index (χ3v) is 4.79. The second-order valence-electron chi connectivity index (χ2n) is 6.12. The van der Waals surface area contributed by atoms with E-state index in [0.717, 1.165) is 37.1 Å². The number of nitrogens with zero attached hydrogens (tertiary/aromatic N) is 2. The van der Waals surface area contributed by atoms with Gasteiger partial charge in [-0.2, -0.15) is 5.06 Å². The van der Waals surface area contributed by atoms with E-state index >= 15 is 0 Å². The molecule has 0 bridgehead atoms. The Morgan fingerprint density at radius 3 is 2.67 bits per heavy atom. The first-order chi connectivity index (χ1) is 10.1. The Bertz CT molecular complexity index is 586. The SMILES string of the molecule is CON1CCC2(CC1)N=CC(c1cc(C)ccc1C)C2=O. The normalized spacial score (nSPS) is 24.9. The van der Waals surface area contributed by atoms with Crippen LogP contribution in [-0.2, 0) is 9.63 Å². The second kappa shape index (κ2) is 5.35. The van der Waals surface area contributed by atoms with Crippen molar-refractivity contribution in [1.29, 1.82) is 0 Å². The topological polar surface area (TPSA) is 41.9 Å². The minimum Gasteiger partial charge on any atom is -0.302 e. The van der Waals surface area contributed by atoms with E-state index in [1.165, 1.54) is 5.56 Å². The smallest absolute Gasteiger partial charge is 0.173 e. The summed E-state index contributed by atoms with van der Waals surface area (Å²) in [5.74, 6) is 0.0750. The zero-order valence-corrected chi connectivity index (χ0v) is 12.9. The van der Waals surface area contributed by atoms with Crippen LogP contribution < -0.4 is 0 Å². The average Bonchev–Trinajstić information content (AvgIpc) is 2.80. The molecule has 1 atom stereocenters. The maximum atomic E-state index is 13.0. The fourth-order valence-electron chi connectivity index (χ4n) is 3.37. The molecule has 2 aliphatic rings. The molecule has 1 saturated heterocycles. The van der Waals surface area contributed by atoms with E-state index in [1.54, 1.807) is 7.11 Å². The highest BCUT2D eigenvalue weighted by Gasteiger charge is 2.47. The lowest BCUT2D eigenvalue weighted by Gasteiger charge is -2.35.